The molecule has 0 spiro atoms. The maximum absolute atomic E-state index is 13.9. The number of hydrogen-bond donors (Lipinski definition) is 1. The lowest BCUT2D eigenvalue weighted by atomic mass is 10.0. The molecule has 5 heteroatoms. The van der Waals surface area contributed by atoms with Crippen molar-refractivity contribution in [1.29, 1.82) is 0 Å². The summed E-state index contributed by atoms with van der Waals surface area (Å²) in [4.78, 5) is 5.95. The van der Waals surface area contributed by atoms with Gasteiger partial charge in [0.2, 0.25) is 0 Å². The Bertz CT molecular complexity index is 457. The molecule has 2 rings (SSSR count). The van der Waals surface area contributed by atoms with Crippen LogP contribution in [0.2, 0.25) is 0 Å². The van der Waals surface area contributed by atoms with E-state index in [1.54, 1.807) is 12.1 Å². The maximum Gasteiger partial charge on any atom is 0.130 e. The van der Waals surface area contributed by atoms with E-state index >= 15 is 0 Å². The zero-order valence-electron chi connectivity index (χ0n) is 9.61. The number of halogens is 1. The van der Waals surface area contributed by atoms with Crippen LogP contribution in [0.3, 0.4) is 0 Å². The summed E-state index contributed by atoms with van der Waals surface area (Å²) in [6, 6.07) is 4.95. The topological polar surface area (TPSA) is 27.6 Å². The van der Waals surface area contributed by atoms with Crippen LogP contribution in [0.15, 0.2) is 23.2 Å². The molecule has 1 N–H and O–H groups in total. The third kappa shape index (κ3) is 2.96. The molecule has 1 fully saturated rings. The predicted octanol–water partition coefficient (Wildman–Crippen LogP) is 2.14. The highest BCUT2D eigenvalue weighted by atomic mass is 32.1. The molecule has 1 atom stereocenters. The quantitative estimate of drug-likeness (QED) is 0.644. The second-order valence-electron chi connectivity index (χ2n) is 4.18. The molecule has 0 saturated carbocycles. The average molecular weight is 251 g/mol. The molecule has 0 aromatic heterocycles. The Balaban J connectivity index is 2.23. The molecule has 1 heterocycles. The highest BCUT2D eigenvalue weighted by molar-refractivity contribution is 7.78. The number of hydrogen-bond acceptors (Lipinski definition) is 4. The van der Waals surface area contributed by atoms with Crippen molar-refractivity contribution in [2.75, 3.05) is 26.7 Å². The van der Waals surface area contributed by atoms with E-state index in [2.05, 4.69) is 32.6 Å². The summed E-state index contributed by atoms with van der Waals surface area (Å²) in [6.07, 6.45) is 0. The molecular weight excluding hydrogens is 237 g/mol. The summed E-state index contributed by atoms with van der Waals surface area (Å²) in [5.74, 6) is -0.246. The zero-order chi connectivity index (χ0) is 12.3. The smallest absolute Gasteiger partial charge is 0.130 e. The SMILES string of the molecule is CN1CCNC(c2ccc(N=C=S)cc2F)C1. The van der Waals surface area contributed by atoms with Gasteiger partial charge in [-0.25, -0.2) is 4.39 Å². The van der Waals surface area contributed by atoms with E-state index in [0.717, 1.165) is 19.6 Å². The average Bonchev–Trinajstić information content (AvgIpc) is 2.29. The normalized spacial score (nSPS) is 20.9. The van der Waals surface area contributed by atoms with Gasteiger partial charge in [-0.2, -0.15) is 4.99 Å². The fourth-order valence-electron chi connectivity index (χ4n) is 2.03. The molecule has 17 heavy (non-hydrogen) atoms. The van der Waals surface area contributed by atoms with Gasteiger partial charge in [0.1, 0.15) is 5.82 Å². The Morgan fingerprint density at radius 2 is 2.41 bits per heavy atom. The molecular formula is C12H14FN3S. The first kappa shape index (κ1) is 12.3. The molecule has 1 unspecified atom stereocenters. The van der Waals surface area contributed by atoms with Crippen LogP contribution < -0.4 is 5.32 Å². The third-order valence-corrected chi connectivity index (χ3v) is 3.00. The van der Waals surface area contributed by atoms with E-state index < -0.39 is 0 Å². The van der Waals surface area contributed by atoms with Gasteiger partial charge in [0.25, 0.3) is 0 Å². The second-order valence-corrected chi connectivity index (χ2v) is 4.36. The van der Waals surface area contributed by atoms with Crippen molar-refractivity contribution in [2.24, 2.45) is 4.99 Å². The second kappa shape index (κ2) is 5.47. The van der Waals surface area contributed by atoms with Crippen LogP contribution in [-0.4, -0.2) is 36.7 Å². The van der Waals surface area contributed by atoms with Crippen LogP contribution in [-0.2, 0) is 0 Å². The Hall–Kier alpha value is -1.13. The van der Waals surface area contributed by atoms with Gasteiger partial charge in [-0.3, -0.25) is 0 Å². The Morgan fingerprint density at radius 3 is 3.06 bits per heavy atom. The number of nitrogens with one attached hydrogen (secondary N) is 1. The standard InChI is InChI=1S/C12H14FN3S/c1-16-5-4-14-12(7-16)10-3-2-9(15-8-17)6-11(10)13/h2-3,6,12,14H,4-5,7H2,1H3. The van der Waals surface area contributed by atoms with E-state index in [-0.39, 0.29) is 11.9 Å². The molecule has 1 aliphatic heterocycles. The van der Waals surface area contributed by atoms with Gasteiger partial charge in [0.05, 0.1) is 10.8 Å². The van der Waals surface area contributed by atoms with Crippen LogP contribution in [0.5, 0.6) is 0 Å². The molecule has 3 nitrogen and oxygen atoms in total. The van der Waals surface area contributed by atoms with Crippen molar-refractivity contribution in [3.8, 4) is 0 Å². The summed E-state index contributed by atoms with van der Waals surface area (Å²) in [7, 11) is 2.04. The van der Waals surface area contributed by atoms with Gasteiger partial charge in [-0.15, -0.1) is 0 Å². The number of benzene rings is 1. The zero-order valence-corrected chi connectivity index (χ0v) is 10.4. The van der Waals surface area contributed by atoms with Crippen molar-refractivity contribution in [3.05, 3.63) is 29.6 Å². The highest BCUT2D eigenvalue weighted by Gasteiger charge is 2.20. The van der Waals surface area contributed by atoms with Gasteiger partial charge >= 0.3 is 0 Å². The molecule has 0 bridgehead atoms. The summed E-state index contributed by atoms with van der Waals surface area (Å²) in [5.41, 5.74) is 1.19. The van der Waals surface area contributed by atoms with Crippen LogP contribution in [0.1, 0.15) is 11.6 Å². The van der Waals surface area contributed by atoms with Crippen LogP contribution in [0, 0.1) is 5.82 Å². The van der Waals surface area contributed by atoms with Gasteiger partial charge in [0.15, 0.2) is 0 Å². The molecule has 0 radical (unpaired) electrons. The van der Waals surface area contributed by atoms with Gasteiger partial charge in [-0.05, 0) is 25.3 Å². The van der Waals surface area contributed by atoms with Crippen LogP contribution in [0.25, 0.3) is 0 Å². The fraction of sp³-hybridized carbons (Fsp3) is 0.417. The number of likely N-dealkylation sites (N-methyl/N-ethyl adjacent to an activating group) is 1. The van der Waals surface area contributed by atoms with E-state index in [4.69, 9.17) is 0 Å². The van der Waals surface area contributed by atoms with Crippen molar-refractivity contribution >= 4 is 23.1 Å². The number of rotatable bonds is 2. The Kier molecular flexibility index (Phi) is 3.97. The number of piperazine rings is 1. The number of thiocarbonyl (C=S) groups is 1. The van der Waals surface area contributed by atoms with E-state index in [1.165, 1.54) is 6.07 Å². The fourth-order valence-corrected chi connectivity index (χ4v) is 2.13. The highest BCUT2D eigenvalue weighted by Crippen LogP contribution is 2.23. The molecule has 0 amide bonds. The van der Waals surface area contributed by atoms with Gasteiger partial charge < -0.3 is 10.2 Å². The number of aliphatic imine (C=N–C) groups is 1. The minimum absolute atomic E-state index is 0.0410. The van der Waals surface area contributed by atoms with Gasteiger partial charge in [-0.1, -0.05) is 6.07 Å². The molecule has 0 aliphatic carbocycles. The first-order chi connectivity index (χ1) is 8.20. The molecule has 1 aromatic carbocycles. The summed E-state index contributed by atoms with van der Waals surface area (Å²) in [6.45, 7) is 2.68. The molecule has 1 saturated heterocycles. The summed E-state index contributed by atoms with van der Waals surface area (Å²) in [5, 5.41) is 5.54. The number of nitrogens with zero attached hydrogens (tertiary/aromatic N) is 2. The van der Waals surface area contributed by atoms with Crippen molar-refractivity contribution < 1.29 is 4.39 Å². The summed E-state index contributed by atoms with van der Waals surface area (Å²) >= 11 is 4.49. The van der Waals surface area contributed by atoms with Gasteiger partial charge in [0, 0.05) is 37.3 Å². The van der Waals surface area contributed by atoms with Crippen molar-refractivity contribution in [3.63, 3.8) is 0 Å². The monoisotopic (exact) mass is 251 g/mol. The summed E-state index contributed by atoms with van der Waals surface area (Å²) < 4.78 is 13.9. The largest absolute Gasteiger partial charge is 0.307 e. The maximum atomic E-state index is 13.9. The van der Waals surface area contributed by atoms with E-state index in [0.29, 0.717) is 11.3 Å². The van der Waals surface area contributed by atoms with Crippen molar-refractivity contribution in [2.45, 2.75) is 6.04 Å². The first-order valence-corrected chi connectivity index (χ1v) is 5.91. The molecule has 1 aromatic rings. The lowest BCUT2D eigenvalue weighted by molar-refractivity contribution is 0.238. The number of isothiocyanates is 1. The predicted molar refractivity (Wildman–Crippen MR) is 69.3 cm³/mol. The lowest BCUT2D eigenvalue weighted by Gasteiger charge is -2.31. The minimum atomic E-state index is -0.246. The molecule has 1 aliphatic rings. The van der Waals surface area contributed by atoms with E-state index in [1.807, 2.05) is 7.05 Å². The first-order valence-electron chi connectivity index (χ1n) is 5.50. The lowest BCUT2D eigenvalue weighted by Crippen LogP contribution is -2.43. The van der Waals surface area contributed by atoms with Crippen LogP contribution in [0.4, 0.5) is 10.1 Å². The Labute approximate surface area is 105 Å². The van der Waals surface area contributed by atoms with Crippen molar-refractivity contribution in [1.82, 2.24) is 10.2 Å². The minimum Gasteiger partial charge on any atom is -0.307 e. The third-order valence-electron chi connectivity index (χ3n) is 2.91. The molecule has 90 valence electrons. The van der Waals surface area contributed by atoms with E-state index in [9.17, 15) is 4.39 Å². The Morgan fingerprint density at radius 1 is 1.59 bits per heavy atom. The van der Waals surface area contributed by atoms with Crippen LogP contribution >= 0.6 is 12.2 Å².